The zero-order valence-electron chi connectivity index (χ0n) is 14.3. The van der Waals surface area contributed by atoms with E-state index in [1.165, 1.54) is 6.42 Å². The molecular formula is C18H32O3. The van der Waals surface area contributed by atoms with Crippen LogP contribution in [0, 0.1) is 28.6 Å². The Labute approximate surface area is 129 Å². The highest BCUT2D eigenvalue weighted by atomic mass is 16.5. The van der Waals surface area contributed by atoms with Gasteiger partial charge in [0, 0.05) is 0 Å². The Balaban J connectivity index is 1.97. The maximum absolute atomic E-state index is 11.9. The van der Waals surface area contributed by atoms with Gasteiger partial charge in [-0.3, -0.25) is 4.79 Å². The molecule has 2 aliphatic carbocycles. The monoisotopic (exact) mass is 296 g/mol. The lowest BCUT2D eigenvalue weighted by atomic mass is 9.62. The van der Waals surface area contributed by atoms with Crippen LogP contribution in [0.3, 0.4) is 0 Å². The molecule has 3 nitrogen and oxygen atoms in total. The first-order valence-corrected chi connectivity index (χ1v) is 8.51. The van der Waals surface area contributed by atoms with Crippen LogP contribution >= 0.6 is 0 Å². The van der Waals surface area contributed by atoms with Crippen LogP contribution in [0.2, 0.25) is 0 Å². The maximum atomic E-state index is 11.9. The van der Waals surface area contributed by atoms with E-state index in [2.05, 4.69) is 13.8 Å². The van der Waals surface area contributed by atoms with Gasteiger partial charge in [0.15, 0.2) is 0 Å². The molecule has 0 bridgehead atoms. The SMILES string of the molecule is C[C@H](COC(=O)C(C)(C)C)[C@H]1CC[C@H]2[C@@H](O)CCC[C@@]12C. The average Bonchev–Trinajstić information content (AvgIpc) is 2.73. The summed E-state index contributed by atoms with van der Waals surface area (Å²) >= 11 is 0. The summed E-state index contributed by atoms with van der Waals surface area (Å²) in [6.45, 7) is 10.7. The second kappa shape index (κ2) is 5.91. The summed E-state index contributed by atoms with van der Waals surface area (Å²) in [5.74, 6) is 1.26. The number of hydrogen-bond donors (Lipinski definition) is 1. The van der Waals surface area contributed by atoms with E-state index in [9.17, 15) is 9.90 Å². The molecule has 0 aromatic carbocycles. The molecule has 2 saturated carbocycles. The second-order valence-corrected chi connectivity index (χ2v) is 8.58. The largest absolute Gasteiger partial charge is 0.465 e. The van der Waals surface area contributed by atoms with E-state index in [1.54, 1.807) is 0 Å². The molecule has 3 heteroatoms. The Morgan fingerprint density at radius 2 is 2.00 bits per heavy atom. The van der Waals surface area contributed by atoms with Crippen LogP contribution in [0.1, 0.15) is 66.7 Å². The van der Waals surface area contributed by atoms with Gasteiger partial charge in [0.25, 0.3) is 0 Å². The third-order valence-electron chi connectivity index (χ3n) is 5.94. The first-order valence-electron chi connectivity index (χ1n) is 8.51. The van der Waals surface area contributed by atoms with Gasteiger partial charge in [0.1, 0.15) is 0 Å². The van der Waals surface area contributed by atoms with Gasteiger partial charge < -0.3 is 9.84 Å². The normalized spacial score (nSPS) is 37.9. The topological polar surface area (TPSA) is 46.5 Å². The van der Waals surface area contributed by atoms with Crippen molar-refractivity contribution in [3.8, 4) is 0 Å². The van der Waals surface area contributed by atoms with Gasteiger partial charge in [-0.1, -0.05) is 20.3 Å². The summed E-state index contributed by atoms with van der Waals surface area (Å²) in [5, 5.41) is 10.3. The van der Waals surface area contributed by atoms with Crippen molar-refractivity contribution in [1.82, 2.24) is 0 Å². The summed E-state index contributed by atoms with van der Waals surface area (Å²) < 4.78 is 5.53. The highest BCUT2D eigenvalue weighted by molar-refractivity contribution is 5.75. The molecule has 0 aliphatic heterocycles. The Morgan fingerprint density at radius 3 is 2.62 bits per heavy atom. The highest BCUT2D eigenvalue weighted by Gasteiger charge is 2.52. The molecule has 21 heavy (non-hydrogen) atoms. The Morgan fingerprint density at radius 1 is 1.33 bits per heavy atom. The fourth-order valence-electron chi connectivity index (χ4n) is 4.66. The molecule has 2 rings (SSSR count). The van der Waals surface area contributed by atoms with Gasteiger partial charge in [-0.15, -0.1) is 0 Å². The first-order chi connectivity index (χ1) is 9.66. The molecule has 0 saturated heterocycles. The van der Waals surface area contributed by atoms with E-state index in [-0.39, 0.29) is 17.5 Å². The van der Waals surface area contributed by atoms with Gasteiger partial charge in [0.05, 0.1) is 18.1 Å². The van der Waals surface area contributed by atoms with Crippen LogP contribution < -0.4 is 0 Å². The zero-order valence-corrected chi connectivity index (χ0v) is 14.3. The summed E-state index contributed by atoms with van der Waals surface area (Å²) in [6.07, 6.45) is 5.45. The van der Waals surface area contributed by atoms with E-state index in [0.29, 0.717) is 24.4 Å². The van der Waals surface area contributed by atoms with Crippen LogP contribution in [0.25, 0.3) is 0 Å². The van der Waals surface area contributed by atoms with Crippen LogP contribution in [-0.2, 0) is 9.53 Å². The van der Waals surface area contributed by atoms with Gasteiger partial charge in [-0.25, -0.2) is 0 Å². The predicted molar refractivity (Wildman–Crippen MR) is 83.8 cm³/mol. The lowest BCUT2D eigenvalue weighted by Gasteiger charge is -2.45. The zero-order chi connectivity index (χ0) is 15.8. The van der Waals surface area contributed by atoms with Gasteiger partial charge in [-0.05, 0) is 69.6 Å². The molecule has 0 amide bonds. The van der Waals surface area contributed by atoms with E-state index < -0.39 is 5.41 Å². The van der Waals surface area contributed by atoms with Crippen LogP contribution in [0.5, 0.6) is 0 Å². The highest BCUT2D eigenvalue weighted by Crippen LogP contribution is 2.57. The smallest absolute Gasteiger partial charge is 0.311 e. The van der Waals surface area contributed by atoms with Crippen molar-refractivity contribution in [3.63, 3.8) is 0 Å². The molecule has 2 aliphatic rings. The molecule has 2 fully saturated rings. The average molecular weight is 296 g/mol. The fraction of sp³-hybridized carbons (Fsp3) is 0.944. The van der Waals surface area contributed by atoms with Gasteiger partial charge >= 0.3 is 5.97 Å². The maximum Gasteiger partial charge on any atom is 0.311 e. The number of aliphatic hydroxyl groups excluding tert-OH is 1. The molecule has 0 aromatic heterocycles. The Bertz CT molecular complexity index is 384. The number of carbonyl (C=O) groups excluding carboxylic acids is 1. The van der Waals surface area contributed by atoms with Crippen molar-refractivity contribution in [3.05, 3.63) is 0 Å². The van der Waals surface area contributed by atoms with Crippen molar-refractivity contribution in [1.29, 1.82) is 0 Å². The van der Waals surface area contributed by atoms with Gasteiger partial charge in [-0.2, -0.15) is 0 Å². The van der Waals surface area contributed by atoms with Crippen molar-refractivity contribution in [2.75, 3.05) is 6.61 Å². The number of carbonyl (C=O) groups is 1. The molecule has 0 radical (unpaired) electrons. The molecule has 0 spiro atoms. The Kier molecular flexibility index (Phi) is 4.72. The van der Waals surface area contributed by atoms with Crippen LogP contribution in [-0.4, -0.2) is 23.8 Å². The second-order valence-electron chi connectivity index (χ2n) is 8.58. The van der Waals surface area contributed by atoms with E-state index >= 15 is 0 Å². The third kappa shape index (κ3) is 3.28. The van der Waals surface area contributed by atoms with Crippen molar-refractivity contribution in [2.24, 2.45) is 28.6 Å². The number of rotatable bonds is 3. The first kappa shape index (κ1) is 16.8. The van der Waals surface area contributed by atoms with Crippen LogP contribution in [0.4, 0.5) is 0 Å². The minimum absolute atomic E-state index is 0.113. The third-order valence-corrected chi connectivity index (χ3v) is 5.94. The quantitative estimate of drug-likeness (QED) is 0.806. The number of ether oxygens (including phenoxy) is 1. The lowest BCUT2D eigenvalue weighted by molar-refractivity contribution is -0.155. The number of esters is 1. The van der Waals surface area contributed by atoms with E-state index in [0.717, 1.165) is 25.7 Å². The molecule has 5 atom stereocenters. The molecular weight excluding hydrogens is 264 g/mol. The summed E-state index contributed by atoms with van der Waals surface area (Å²) in [7, 11) is 0. The summed E-state index contributed by atoms with van der Waals surface area (Å²) in [4.78, 5) is 11.9. The minimum atomic E-state index is -0.428. The van der Waals surface area contributed by atoms with Gasteiger partial charge in [0.2, 0.25) is 0 Å². The van der Waals surface area contributed by atoms with Crippen LogP contribution in [0.15, 0.2) is 0 Å². The molecule has 1 N–H and O–H groups in total. The lowest BCUT2D eigenvalue weighted by Crippen LogP contribution is -2.42. The number of hydrogen-bond acceptors (Lipinski definition) is 3. The number of aliphatic hydroxyl groups is 1. The molecule has 0 unspecified atom stereocenters. The van der Waals surface area contributed by atoms with Crippen molar-refractivity contribution >= 4 is 5.97 Å². The Hall–Kier alpha value is -0.570. The standard InChI is InChI=1S/C18H32O3/c1-12(11-21-16(20)17(2,3)4)13-8-9-14-15(19)7-6-10-18(13,14)5/h12-15,19H,6-11H2,1-5H3/t12-,13-,14+,15+,18+/m1/s1. The summed E-state index contributed by atoms with van der Waals surface area (Å²) in [5.41, 5.74) is -0.200. The fourth-order valence-corrected chi connectivity index (χ4v) is 4.66. The van der Waals surface area contributed by atoms with Crippen molar-refractivity contribution in [2.45, 2.75) is 72.8 Å². The number of fused-ring (bicyclic) bond motifs is 1. The summed E-state index contributed by atoms with van der Waals surface area (Å²) in [6, 6.07) is 0. The van der Waals surface area contributed by atoms with E-state index in [1.807, 2.05) is 20.8 Å². The predicted octanol–water partition coefficient (Wildman–Crippen LogP) is 3.79. The molecule has 122 valence electrons. The van der Waals surface area contributed by atoms with E-state index in [4.69, 9.17) is 4.74 Å². The minimum Gasteiger partial charge on any atom is -0.465 e. The van der Waals surface area contributed by atoms with Crippen molar-refractivity contribution < 1.29 is 14.6 Å². The molecule has 0 heterocycles. The molecule has 0 aromatic rings.